The van der Waals surface area contributed by atoms with E-state index >= 15 is 0 Å². The van der Waals surface area contributed by atoms with E-state index in [1.165, 1.54) is 0 Å². The van der Waals surface area contributed by atoms with Crippen LogP contribution in [0.2, 0.25) is 0 Å². The standard InChI is InChI=1S/C22H24N2O4/c1-27-18-9-7-15(20(14-18)28-2)11-12-23-21(25)10-8-17-13-16-5-3-4-6-19(16)24-22(17)26/h3-7,9,13-14H,8,10-12H2,1-2H3,(H,23,25)(H,24,26). The molecule has 2 N–H and O–H groups in total. The number of rotatable bonds is 8. The molecule has 1 amide bonds. The number of aromatic nitrogens is 1. The fourth-order valence-corrected chi connectivity index (χ4v) is 3.11. The summed E-state index contributed by atoms with van der Waals surface area (Å²) in [5.74, 6) is 1.38. The lowest BCUT2D eigenvalue weighted by molar-refractivity contribution is -0.121. The van der Waals surface area contributed by atoms with Gasteiger partial charge < -0.3 is 19.8 Å². The Hall–Kier alpha value is -3.28. The highest BCUT2D eigenvalue weighted by Gasteiger charge is 2.08. The Morgan fingerprint density at radius 1 is 1.00 bits per heavy atom. The van der Waals surface area contributed by atoms with Crippen molar-refractivity contribution in [1.82, 2.24) is 10.3 Å². The summed E-state index contributed by atoms with van der Waals surface area (Å²) >= 11 is 0. The van der Waals surface area contributed by atoms with Crippen molar-refractivity contribution in [3.05, 3.63) is 70.0 Å². The monoisotopic (exact) mass is 380 g/mol. The Morgan fingerprint density at radius 3 is 2.61 bits per heavy atom. The van der Waals surface area contributed by atoms with E-state index in [1.807, 2.05) is 48.5 Å². The van der Waals surface area contributed by atoms with E-state index in [9.17, 15) is 9.59 Å². The number of hydrogen-bond acceptors (Lipinski definition) is 4. The Bertz CT molecular complexity index is 1030. The molecule has 0 saturated carbocycles. The van der Waals surface area contributed by atoms with Crippen LogP contribution in [0, 0.1) is 0 Å². The molecule has 0 aliphatic carbocycles. The molecule has 0 aliphatic heterocycles. The molecular formula is C22H24N2O4. The number of aryl methyl sites for hydroxylation is 1. The third-order valence-corrected chi connectivity index (χ3v) is 4.66. The first-order valence-electron chi connectivity index (χ1n) is 9.19. The molecule has 1 aromatic heterocycles. The first kappa shape index (κ1) is 19.5. The van der Waals surface area contributed by atoms with Gasteiger partial charge in [0, 0.05) is 30.1 Å². The third-order valence-electron chi connectivity index (χ3n) is 4.66. The van der Waals surface area contributed by atoms with Crippen LogP contribution in [0.3, 0.4) is 0 Å². The zero-order chi connectivity index (χ0) is 19.9. The van der Waals surface area contributed by atoms with E-state index in [0.717, 1.165) is 28.0 Å². The number of nitrogens with one attached hydrogen (secondary N) is 2. The van der Waals surface area contributed by atoms with Gasteiger partial charge in [-0.1, -0.05) is 24.3 Å². The maximum atomic E-state index is 12.2. The third kappa shape index (κ3) is 4.71. The van der Waals surface area contributed by atoms with Gasteiger partial charge in [0.25, 0.3) is 5.56 Å². The van der Waals surface area contributed by atoms with E-state index < -0.39 is 0 Å². The van der Waals surface area contributed by atoms with E-state index in [0.29, 0.717) is 24.9 Å². The van der Waals surface area contributed by atoms with Crippen LogP contribution in [-0.2, 0) is 17.6 Å². The number of carbonyl (C=O) groups excluding carboxylic acids is 1. The van der Waals surface area contributed by atoms with Crippen LogP contribution in [0.4, 0.5) is 0 Å². The van der Waals surface area contributed by atoms with Crippen molar-refractivity contribution in [3.8, 4) is 11.5 Å². The Kier molecular flexibility index (Phi) is 6.32. The summed E-state index contributed by atoms with van der Waals surface area (Å²) in [5.41, 5.74) is 2.27. The number of ether oxygens (including phenoxy) is 2. The molecule has 1 heterocycles. The summed E-state index contributed by atoms with van der Waals surface area (Å²) in [7, 11) is 3.22. The molecule has 0 fully saturated rings. The topological polar surface area (TPSA) is 80.4 Å². The molecule has 0 bridgehead atoms. The summed E-state index contributed by atoms with van der Waals surface area (Å²) in [6.07, 6.45) is 1.31. The number of hydrogen-bond donors (Lipinski definition) is 2. The Labute approximate surface area is 163 Å². The van der Waals surface area contributed by atoms with Gasteiger partial charge in [0.05, 0.1) is 14.2 Å². The predicted molar refractivity (Wildman–Crippen MR) is 109 cm³/mol. The maximum absolute atomic E-state index is 12.2. The number of carbonyl (C=O) groups is 1. The first-order valence-corrected chi connectivity index (χ1v) is 9.19. The smallest absolute Gasteiger partial charge is 0.251 e. The van der Waals surface area contributed by atoms with Crippen LogP contribution in [0.5, 0.6) is 11.5 Å². The lowest BCUT2D eigenvalue weighted by Gasteiger charge is -2.11. The second kappa shape index (κ2) is 9.08. The van der Waals surface area contributed by atoms with Gasteiger partial charge in [-0.05, 0) is 42.0 Å². The Morgan fingerprint density at radius 2 is 1.82 bits per heavy atom. The average Bonchev–Trinajstić information content (AvgIpc) is 2.72. The molecule has 3 rings (SSSR count). The summed E-state index contributed by atoms with van der Waals surface area (Å²) in [6.45, 7) is 0.496. The molecule has 0 atom stereocenters. The minimum Gasteiger partial charge on any atom is -0.497 e. The summed E-state index contributed by atoms with van der Waals surface area (Å²) in [6, 6.07) is 15.1. The van der Waals surface area contributed by atoms with Gasteiger partial charge in [0.2, 0.25) is 5.91 Å². The van der Waals surface area contributed by atoms with Gasteiger partial charge in [0.15, 0.2) is 0 Å². The number of benzene rings is 2. The first-order chi connectivity index (χ1) is 13.6. The number of para-hydroxylation sites is 1. The number of methoxy groups -OCH3 is 2. The van der Waals surface area contributed by atoms with Crippen LogP contribution < -0.4 is 20.3 Å². The molecule has 0 saturated heterocycles. The van der Waals surface area contributed by atoms with E-state index in [4.69, 9.17) is 9.47 Å². The predicted octanol–water partition coefficient (Wildman–Crippen LogP) is 2.84. The van der Waals surface area contributed by atoms with Gasteiger partial charge in [-0.2, -0.15) is 0 Å². The summed E-state index contributed by atoms with van der Waals surface area (Å²) in [4.78, 5) is 27.2. The molecule has 2 aromatic carbocycles. The van der Waals surface area contributed by atoms with Crippen LogP contribution in [0.25, 0.3) is 10.9 Å². The normalized spacial score (nSPS) is 10.6. The molecule has 6 heteroatoms. The molecule has 0 unspecified atom stereocenters. The molecule has 3 aromatic rings. The van der Waals surface area contributed by atoms with Crippen LogP contribution >= 0.6 is 0 Å². The minimum atomic E-state index is -0.144. The molecule has 0 radical (unpaired) electrons. The highest BCUT2D eigenvalue weighted by atomic mass is 16.5. The van der Waals surface area contributed by atoms with Crippen molar-refractivity contribution in [2.45, 2.75) is 19.3 Å². The van der Waals surface area contributed by atoms with Crippen molar-refractivity contribution in [3.63, 3.8) is 0 Å². The molecule has 0 spiro atoms. The van der Waals surface area contributed by atoms with Crippen molar-refractivity contribution in [2.75, 3.05) is 20.8 Å². The second-order valence-corrected chi connectivity index (χ2v) is 6.49. The van der Waals surface area contributed by atoms with Crippen LogP contribution in [-0.4, -0.2) is 31.7 Å². The zero-order valence-corrected chi connectivity index (χ0v) is 16.1. The molecule has 28 heavy (non-hydrogen) atoms. The van der Waals surface area contributed by atoms with Crippen molar-refractivity contribution in [1.29, 1.82) is 0 Å². The lowest BCUT2D eigenvalue weighted by Crippen LogP contribution is -2.26. The van der Waals surface area contributed by atoms with E-state index in [2.05, 4.69) is 10.3 Å². The van der Waals surface area contributed by atoms with Gasteiger partial charge in [-0.15, -0.1) is 0 Å². The van der Waals surface area contributed by atoms with E-state index in [-0.39, 0.29) is 17.9 Å². The van der Waals surface area contributed by atoms with Crippen molar-refractivity contribution in [2.24, 2.45) is 0 Å². The summed E-state index contributed by atoms with van der Waals surface area (Å²) in [5, 5.41) is 3.86. The van der Waals surface area contributed by atoms with Gasteiger partial charge in [0.1, 0.15) is 11.5 Å². The van der Waals surface area contributed by atoms with Crippen molar-refractivity contribution >= 4 is 16.8 Å². The number of H-pyrrole nitrogens is 1. The van der Waals surface area contributed by atoms with Crippen LogP contribution in [0.1, 0.15) is 17.5 Å². The molecule has 0 aliphatic rings. The van der Waals surface area contributed by atoms with Crippen LogP contribution in [0.15, 0.2) is 53.3 Å². The number of pyridine rings is 1. The lowest BCUT2D eigenvalue weighted by atomic mass is 10.1. The number of aromatic amines is 1. The SMILES string of the molecule is COc1ccc(CCNC(=O)CCc2cc3ccccc3[nH]c2=O)c(OC)c1. The molecule has 6 nitrogen and oxygen atoms in total. The van der Waals surface area contributed by atoms with Crippen molar-refractivity contribution < 1.29 is 14.3 Å². The number of fused-ring (bicyclic) bond motifs is 1. The zero-order valence-electron chi connectivity index (χ0n) is 16.1. The summed E-state index contributed by atoms with van der Waals surface area (Å²) < 4.78 is 10.6. The maximum Gasteiger partial charge on any atom is 0.251 e. The molecular weight excluding hydrogens is 356 g/mol. The van der Waals surface area contributed by atoms with Gasteiger partial charge in [-0.25, -0.2) is 0 Å². The second-order valence-electron chi connectivity index (χ2n) is 6.49. The number of amides is 1. The highest BCUT2D eigenvalue weighted by Crippen LogP contribution is 2.24. The quantitative estimate of drug-likeness (QED) is 0.630. The largest absolute Gasteiger partial charge is 0.497 e. The molecule has 146 valence electrons. The van der Waals surface area contributed by atoms with Gasteiger partial charge in [-0.3, -0.25) is 9.59 Å². The highest BCUT2D eigenvalue weighted by molar-refractivity contribution is 5.79. The van der Waals surface area contributed by atoms with Gasteiger partial charge >= 0.3 is 0 Å². The fraction of sp³-hybridized carbons (Fsp3) is 0.273. The average molecular weight is 380 g/mol. The fourth-order valence-electron chi connectivity index (χ4n) is 3.11. The Balaban J connectivity index is 1.53. The van der Waals surface area contributed by atoms with E-state index in [1.54, 1.807) is 14.2 Å². The minimum absolute atomic E-state index is 0.0833.